The van der Waals surface area contributed by atoms with Crippen LogP contribution in [0.2, 0.25) is 0 Å². The molecule has 0 aliphatic heterocycles. The summed E-state index contributed by atoms with van der Waals surface area (Å²) in [5, 5.41) is 0. The molecule has 88 valence electrons. The van der Waals surface area contributed by atoms with Crippen molar-refractivity contribution in [1.29, 1.82) is 0 Å². The van der Waals surface area contributed by atoms with Crippen LogP contribution < -0.4 is 5.73 Å². The maximum absolute atomic E-state index is 11.5. The number of Topliss-reactive ketones (excluding diaryl/α,β-unsaturated/α-hetero) is 1. The number of aryl methyl sites for hydroxylation is 2. The summed E-state index contributed by atoms with van der Waals surface area (Å²) < 4.78 is 0. The number of nitrogens with one attached hydrogen (secondary N) is 1. The summed E-state index contributed by atoms with van der Waals surface area (Å²) >= 11 is 0. The normalized spacial score (nSPS) is 10.5. The van der Waals surface area contributed by atoms with E-state index in [4.69, 9.17) is 5.73 Å². The number of rotatable bonds is 2. The molecule has 2 aromatic rings. The number of aromatic amines is 1. The Labute approximate surface area is 101 Å². The zero-order chi connectivity index (χ0) is 12.6. The van der Waals surface area contributed by atoms with Gasteiger partial charge in [0.05, 0.1) is 16.9 Å². The average Bonchev–Trinajstić information content (AvgIpc) is 2.54. The molecule has 0 aliphatic rings. The molecule has 0 atom stereocenters. The van der Waals surface area contributed by atoms with Crippen molar-refractivity contribution in [2.45, 2.75) is 20.8 Å². The second-order valence-corrected chi connectivity index (χ2v) is 4.34. The van der Waals surface area contributed by atoms with Crippen molar-refractivity contribution in [3.05, 3.63) is 41.1 Å². The van der Waals surface area contributed by atoms with Crippen molar-refractivity contribution >= 4 is 11.5 Å². The number of carbonyl (C=O) groups is 1. The Morgan fingerprint density at radius 1 is 1.29 bits per heavy atom. The molecule has 0 aliphatic carbocycles. The third kappa shape index (κ3) is 1.96. The number of benzene rings is 1. The van der Waals surface area contributed by atoms with Crippen molar-refractivity contribution in [2.75, 3.05) is 5.73 Å². The molecule has 3 heteroatoms. The summed E-state index contributed by atoms with van der Waals surface area (Å²) in [5.41, 5.74) is 11.0. The van der Waals surface area contributed by atoms with Crippen LogP contribution in [-0.2, 0) is 0 Å². The van der Waals surface area contributed by atoms with Gasteiger partial charge in [-0.05, 0) is 26.8 Å². The lowest BCUT2D eigenvalue weighted by molar-refractivity contribution is 0.101. The average molecular weight is 228 g/mol. The Kier molecular flexibility index (Phi) is 2.76. The number of hydrogen-bond donors (Lipinski definition) is 2. The first-order valence-electron chi connectivity index (χ1n) is 5.56. The molecule has 0 amide bonds. The van der Waals surface area contributed by atoms with Crippen molar-refractivity contribution in [3.63, 3.8) is 0 Å². The van der Waals surface area contributed by atoms with Crippen LogP contribution in [0.5, 0.6) is 0 Å². The Bertz CT molecular complexity index is 582. The lowest BCUT2D eigenvalue weighted by Gasteiger charge is -2.02. The van der Waals surface area contributed by atoms with E-state index < -0.39 is 0 Å². The minimum absolute atomic E-state index is 0.00449. The van der Waals surface area contributed by atoms with Crippen LogP contribution in [0.4, 0.5) is 5.69 Å². The number of anilines is 1. The van der Waals surface area contributed by atoms with Crippen LogP contribution in [-0.4, -0.2) is 10.8 Å². The lowest BCUT2D eigenvalue weighted by Crippen LogP contribution is -1.98. The van der Waals surface area contributed by atoms with Crippen LogP contribution >= 0.6 is 0 Å². The Balaban J connectivity index is 2.62. The molecule has 2 rings (SSSR count). The number of aromatic nitrogens is 1. The minimum Gasteiger partial charge on any atom is -0.396 e. The summed E-state index contributed by atoms with van der Waals surface area (Å²) in [7, 11) is 0. The van der Waals surface area contributed by atoms with E-state index in [1.54, 1.807) is 0 Å². The van der Waals surface area contributed by atoms with Gasteiger partial charge in [-0.25, -0.2) is 0 Å². The van der Waals surface area contributed by atoms with Crippen LogP contribution in [0.1, 0.15) is 28.5 Å². The van der Waals surface area contributed by atoms with Gasteiger partial charge in [0.1, 0.15) is 0 Å². The number of H-pyrrole nitrogens is 1. The summed E-state index contributed by atoms with van der Waals surface area (Å²) in [5.74, 6) is -0.00449. The molecule has 0 saturated carbocycles. The molecular formula is C14H16N2O. The SMILES string of the molecule is CC(=O)c1c(C)[nH]c(-c2cccc(C)c2)c1N. The molecule has 1 aromatic heterocycles. The minimum atomic E-state index is -0.00449. The molecule has 0 unspecified atom stereocenters. The van der Waals surface area contributed by atoms with Crippen molar-refractivity contribution in [1.82, 2.24) is 4.98 Å². The Morgan fingerprint density at radius 3 is 2.53 bits per heavy atom. The van der Waals surface area contributed by atoms with Gasteiger partial charge >= 0.3 is 0 Å². The fourth-order valence-electron chi connectivity index (χ4n) is 2.13. The number of carbonyl (C=O) groups excluding carboxylic acids is 1. The molecule has 17 heavy (non-hydrogen) atoms. The van der Waals surface area contributed by atoms with E-state index in [0.717, 1.165) is 17.0 Å². The molecule has 0 saturated heterocycles. The second kappa shape index (κ2) is 4.09. The second-order valence-electron chi connectivity index (χ2n) is 4.34. The van der Waals surface area contributed by atoms with Crippen LogP contribution in [0, 0.1) is 13.8 Å². The topological polar surface area (TPSA) is 58.9 Å². The predicted molar refractivity (Wildman–Crippen MR) is 70.1 cm³/mol. The predicted octanol–water partition coefficient (Wildman–Crippen LogP) is 3.08. The van der Waals surface area contributed by atoms with Gasteiger partial charge in [-0.2, -0.15) is 0 Å². The standard InChI is InChI=1S/C14H16N2O/c1-8-5-4-6-11(7-8)14-13(15)12(10(3)17)9(2)16-14/h4-7,16H,15H2,1-3H3. The van der Waals surface area contributed by atoms with E-state index in [1.807, 2.05) is 38.1 Å². The highest BCUT2D eigenvalue weighted by Gasteiger charge is 2.16. The smallest absolute Gasteiger partial charge is 0.163 e. The molecule has 0 fully saturated rings. The molecule has 0 bridgehead atoms. The van der Waals surface area contributed by atoms with Gasteiger partial charge in [0.25, 0.3) is 0 Å². The first kappa shape index (κ1) is 11.5. The molecule has 0 radical (unpaired) electrons. The molecule has 0 spiro atoms. The first-order valence-corrected chi connectivity index (χ1v) is 5.56. The zero-order valence-electron chi connectivity index (χ0n) is 10.3. The highest BCUT2D eigenvalue weighted by atomic mass is 16.1. The molecule has 3 N–H and O–H groups in total. The number of nitrogens with two attached hydrogens (primary N) is 1. The van der Waals surface area contributed by atoms with E-state index in [-0.39, 0.29) is 5.78 Å². The van der Waals surface area contributed by atoms with Crippen LogP contribution in [0.3, 0.4) is 0 Å². The Hall–Kier alpha value is -2.03. The number of hydrogen-bond acceptors (Lipinski definition) is 2. The lowest BCUT2D eigenvalue weighted by atomic mass is 10.1. The van der Waals surface area contributed by atoms with E-state index in [9.17, 15) is 4.79 Å². The van der Waals surface area contributed by atoms with Gasteiger partial charge in [-0.3, -0.25) is 4.79 Å². The number of nitrogen functional groups attached to an aromatic ring is 1. The monoisotopic (exact) mass is 228 g/mol. The zero-order valence-corrected chi connectivity index (χ0v) is 10.3. The summed E-state index contributed by atoms with van der Waals surface area (Å²) in [4.78, 5) is 14.7. The highest BCUT2D eigenvalue weighted by Crippen LogP contribution is 2.30. The van der Waals surface area contributed by atoms with E-state index in [2.05, 4.69) is 4.98 Å². The largest absolute Gasteiger partial charge is 0.396 e. The van der Waals surface area contributed by atoms with Gasteiger partial charge in [0, 0.05) is 11.3 Å². The van der Waals surface area contributed by atoms with Crippen LogP contribution in [0.15, 0.2) is 24.3 Å². The van der Waals surface area contributed by atoms with Crippen molar-refractivity contribution in [3.8, 4) is 11.3 Å². The summed E-state index contributed by atoms with van der Waals surface area (Å²) in [6.07, 6.45) is 0. The first-order chi connectivity index (χ1) is 8.00. The maximum atomic E-state index is 11.5. The third-order valence-electron chi connectivity index (χ3n) is 2.88. The Morgan fingerprint density at radius 2 is 2.00 bits per heavy atom. The molecule has 3 nitrogen and oxygen atoms in total. The third-order valence-corrected chi connectivity index (χ3v) is 2.88. The van der Waals surface area contributed by atoms with Gasteiger partial charge < -0.3 is 10.7 Å². The number of ketones is 1. The molecular weight excluding hydrogens is 212 g/mol. The van der Waals surface area contributed by atoms with Gasteiger partial charge in [0.15, 0.2) is 5.78 Å². The summed E-state index contributed by atoms with van der Waals surface area (Å²) in [6.45, 7) is 5.43. The van der Waals surface area contributed by atoms with Gasteiger partial charge in [-0.1, -0.05) is 23.8 Å². The summed E-state index contributed by atoms with van der Waals surface area (Å²) in [6, 6.07) is 8.04. The van der Waals surface area contributed by atoms with Gasteiger partial charge in [-0.15, -0.1) is 0 Å². The van der Waals surface area contributed by atoms with E-state index >= 15 is 0 Å². The fraction of sp³-hybridized carbons (Fsp3) is 0.214. The van der Waals surface area contributed by atoms with Crippen molar-refractivity contribution in [2.24, 2.45) is 0 Å². The fourth-order valence-corrected chi connectivity index (χ4v) is 2.13. The highest BCUT2D eigenvalue weighted by molar-refractivity contribution is 6.03. The molecule has 1 aromatic carbocycles. The maximum Gasteiger partial charge on any atom is 0.163 e. The molecule has 1 heterocycles. The van der Waals surface area contributed by atoms with Crippen molar-refractivity contribution < 1.29 is 4.79 Å². The van der Waals surface area contributed by atoms with E-state index in [0.29, 0.717) is 11.3 Å². The van der Waals surface area contributed by atoms with Crippen LogP contribution in [0.25, 0.3) is 11.3 Å². The quantitative estimate of drug-likeness (QED) is 0.776. The van der Waals surface area contributed by atoms with Gasteiger partial charge in [0.2, 0.25) is 0 Å². The van der Waals surface area contributed by atoms with E-state index in [1.165, 1.54) is 12.5 Å².